The normalized spacial score (nSPS) is 10.9. The SMILES string of the molecule is Cc1ccc(OCC(=O)NC(=O)NCC(F)(F)F)c(Br)c1. The molecule has 1 rings (SSSR count). The number of imide groups is 1. The maximum atomic E-state index is 11.8. The van der Waals surface area contributed by atoms with E-state index in [-0.39, 0.29) is 0 Å². The Balaban J connectivity index is 2.39. The van der Waals surface area contributed by atoms with Crippen LogP contribution in [0.15, 0.2) is 22.7 Å². The first kappa shape index (κ1) is 17.3. The number of urea groups is 1. The molecule has 5 nitrogen and oxygen atoms in total. The highest BCUT2D eigenvalue weighted by Gasteiger charge is 2.27. The molecule has 0 saturated carbocycles. The van der Waals surface area contributed by atoms with Crippen molar-refractivity contribution in [1.29, 1.82) is 0 Å². The smallest absolute Gasteiger partial charge is 0.405 e. The standard InChI is InChI=1S/C12H12BrF3N2O3/c1-7-2-3-9(8(13)4-7)21-5-10(19)18-11(20)17-6-12(14,15)16/h2-4H,5-6H2,1H3,(H2,17,18,19,20). The Morgan fingerprint density at radius 2 is 2.00 bits per heavy atom. The number of alkyl halides is 3. The van der Waals surface area contributed by atoms with E-state index in [1.165, 1.54) is 5.32 Å². The van der Waals surface area contributed by atoms with Gasteiger partial charge in [0.1, 0.15) is 12.3 Å². The number of hydrogen-bond donors (Lipinski definition) is 2. The van der Waals surface area contributed by atoms with Gasteiger partial charge in [0.2, 0.25) is 0 Å². The molecule has 0 aliphatic heterocycles. The monoisotopic (exact) mass is 368 g/mol. The molecule has 0 saturated heterocycles. The van der Waals surface area contributed by atoms with Crippen molar-refractivity contribution in [3.8, 4) is 5.75 Å². The lowest BCUT2D eigenvalue weighted by Gasteiger charge is -2.10. The number of benzene rings is 1. The second-order valence-corrected chi connectivity index (χ2v) is 4.92. The van der Waals surface area contributed by atoms with Gasteiger partial charge in [0.25, 0.3) is 5.91 Å². The molecule has 0 atom stereocenters. The van der Waals surface area contributed by atoms with Gasteiger partial charge in [-0.05, 0) is 40.5 Å². The van der Waals surface area contributed by atoms with Gasteiger partial charge in [0.15, 0.2) is 6.61 Å². The van der Waals surface area contributed by atoms with E-state index in [1.807, 2.05) is 6.92 Å². The summed E-state index contributed by atoms with van der Waals surface area (Å²) in [5.74, 6) is -0.478. The Kier molecular flexibility index (Phi) is 6.01. The molecule has 1 aromatic rings. The molecule has 0 heterocycles. The van der Waals surface area contributed by atoms with Crippen LogP contribution in [-0.4, -0.2) is 31.3 Å². The Labute approximate surface area is 127 Å². The number of rotatable bonds is 4. The second kappa shape index (κ2) is 7.30. The van der Waals surface area contributed by atoms with E-state index >= 15 is 0 Å². The summed E-state index contributed by atoms with van der Waals surface area (Å²) in [6, 6.07) is 3.91. The summed E-state index contributed by atoms with van der Waals surface area (Å²) in [4.78, 5) is 22.4. The average molecular weight is 369 g/mol. The van der Waals surface area contributed by atoms with Gasteiger partial charge in [-0.25, -0.2) is 4.79 Å². The van der Waals surface area contributed by atoms with Crippen LogP contribution in [0.5, 0.6) is 5.75 Å². The van der Waals surface area contributed by atoms with Crippen LogP contribution in [0.1, 0.15) is 5.56 Å². The maximum absolute atomic E-state index is 11.8. The van der Waals surface area contributed by atoms with Crippen LogP contribution in [0.4, 0.5) is 18.0 Å². The molecule has 21 heavy (non-hydrogen) atoms. The second-order valence-electron chi connectivity index (χ2n) is 4.07. The van der Waals surface area contributed by atoms with E-state index in [0.29, 0.717) is 10.2 Å². The first-order valence-corrected chi connectivity index (χ1v) is 6.50. The summed E-state index contributed by atoms with van der Waals surface area (Å²) >= 11 is 3.23. The lowest BCUT2D eigenvalue weighted by Crippen LogP contribution is -2.44. The van der Waals surface area contributed by atoms with Crippen molar-refractivity contribution in [3.05, 3.63) is 28.2 Å². The van der Waals surface area contributed by atoms with Crippen molar-refractivity contribution in [2.24, 2.45) is 0 Å². The number of halogens is 4. The molecule has 3 amide bonds. The van der Waals surface area contributed by atoms with Crippen molar-refractivity contribution in [1.82, 2.24) is 10.6 Å². The number of hydrogen-bond acceptors (Lipinski definition) is 3. The Bertz CT molecular complexity index is 535. The van der Waals surface area contributed by atoms with Crippen LogP contribution in [0, 0.1) is 6.92 Å². The van der Waals surface area contributed by atoms with E-state index in [9.17, 15) is 22.8 Å². The zero-order valence-electron chi connectivity index (χ0n) is 10.9. The number of carbonyl (C=O) groups excluding carboxylic acids is 2. The molecular weight excluding hydrogens is 357 g/mol. The predicted octanol–water partition coefficient (Wildman–Crippen LogP) is 2.52. The molecule has 0 radical (unpaired) electrons. The summed E-state index contributed by atoms with van der Waals surface area (Å²) < 4.78 is 41.3. The average Bonchev–Trinajstić information content (AvgIpc) is 2.34. The molecule has 1 aromatic carbocycles. The van der Waals surface area contributed by atoms with Gasteiger partial charge < -0.3 is 10.1 Å². The highest BCUT2D eigenvalue weighted by molar-refractivity contribution is 9.10. The molecule has 0 spiro atoms. The first-order valence-electron chi connectivity index (χ1n) is 5.71. The highest BCUT2D eigenvalue weighted by atomic mass is 79.9. The number of amides is 3. The van der Waals surface area contributed by atoms with Crippen LogP contribution in [0.2, 0.25) is 0 Å². The molecule has 2 N–H and O–H groups in total. The number of carbonyl (C=O) groups is 2. The minimum Gasteiger partial charge on any atom is -0.483 e. The van der Waals surface area contributed by atoms with Crippen LogP contribution < -0.4 is 15.4 Å². The summed E-state index contributed by atoms with van der Waals surface area (Å²) in [5.41, 5.74) is 0.977. The molecule has 116 valence electrons. The molecule has 0 aliphatic carbocycles. The summed E-state index contributed by atoms with van der Waals surface area (Å²) in [5, 5.41) is 3.23. The third-order valence-electron chi connectivity index (χ3n) is 2.15. The molecule has 0 unspecified atom stereocenters. The molecular formula is C12H12BrF3N2O3. The predicted molar refractivity (Wildman–Crippen MR) is 72.0 cm³/mol. The summed E-state index contributed by atoms with van der Waals surface area (Å²) in [6.07, 6.45) is -4.54. The minimum absolute atomic E-state index is 0.381. The van der Waals surface area contributed by atoms with E-state index < -0.39 is 31.3 Å². The summed E-state index contributed by atoms with van der Waals surface area (Å²) in [6.45, 7) is -0.149. The van der Waals surface area contributed by atoms with E-state index in [0.717, 1.165) is 5.56 Å². The Morgan fingerprint density at radius 1 is 1.33 bits per heavy atom. The molecule has 0 aliphatic rings. The highest BCUT2D eigenvalue weighted by Crippen LogP contribution is 2.25. The van der Waals surface area contributed by atoms with Crippen molar-refractivity contribution < 1.29 is 27.5 Å². The zero-order chi connectivity index (χ0) is 16.0. The lowest BCUT2D eigenvalue weighted by atomic mass is 10.2. The number of aryl methyl sites for hydroxylation is 1. The number of ether oxygens (including phenoxy) is 1. The fourth-order valence-corrected chi connectivity index (χ4v) is 1.86. The fraction of sp³-hybridized carbons (Fsp3) is 0.333. The third kappa shape index (κ3) is 6.98. The zero-order valence-corrected chi connectivity index (χ0v) is 12.5. The van der Waals surface area contributed by atoms with Gasteiger partial charge in [-0.2, -0.15) is 13.2 Å². The van der Waals surface area contributed by atoms with E-state index in [1.54, 1.807) is 23.5 Å². The Morgan fingerprint density at radius 3 is 2.57 bits per heavy atom. The topological polar surface area (TPSA) is 67.4 Å². The molecule has 0 aromatic heterocycles. The first-order chi connectivity index (χ1) is 9.67. The van der Waals surface area contributed by atoms with Crippen molar-refractivity contribution in [2.75, 3.05) is 13.2 Å². The van der Waals surface area contributed by atoms with Crippen molar-refractivity contribution in [3.63, 3.8) is 0 Å². The quantitative estimate of drug-likeness (QED) is 0.857. The van der Waals surface area contributed by atoms with E-state index in [4.69, 9.17) is 4.74 Å². The van der Waals surface area contributed by atoms with Crippen LogP contribution >= 0.6 is 15.9 Å². The molecule has 0 bridgehead atoms. The van der Waals surface area contributed by atoms with E-state index in [2.05, 4.69) is 15.9 Å². The fourth-order valence-electron chi connectivity index (χ4n) is 1.25. The van der Waals surface area contributed by atoms with Crippen LogP contribution in [0.3, 0.4) is 0 Å². The van der Waals surface area contributed by atoms with Gasteiger partial charge >= 0.3 is 12.2 Å². The minimum atomic E-state index is -4.54. The van der Waals surface area contributed by atoms with Gasteiger partial charge in [-0.3, -0.25) is 10.1 Å². The molecule has 9 heteroatoms. The van der Waals surface area contributed by atoms with Crippen LogP contribution in [0.25, 0.3) is 0 Å². The summed E-state index contributed by atoms with van der Waals surface area (Å²) in [7, 11) is 0. The van der Waals surface area contributed by atoms with Crippen LogP contribution in [-0.2, 0) is 4.79 Å². The van der Waals surface area contributed by atoms with Crippen molar-refractivity contribution >= 4 is 27.9 Å². The van der Waals surface area contributed by atoms with Gasteiger partial charge in [0, 0.05) is 0 Å². The number of nitrogens with one attached hydrogen (secondary N) is 2. The van der Waals surface area contributed by atoms with Gasteiger partial charge in [-0.15, -0.1) is 0 Å². The largest absolute Gasteiger partial charge is 0.483 e. The van der Waals surface area contributed by atoms with Crippen molar-refractivity contribution in [2.45, 2.75) is 13.1 Å². The Hall–Kier alpha value is -1.77. The maximum Gasteiger partial charge on any atom is 0.405 e. The molecule has 0 fully saturated rings. The lowest BCUT2D eigenvalue weighted by molar-refractivity contribution is -0.125. The van der Waals surface area contributed by atoms with Gasteiger partial charge in [0.05, 0.1) is 4.47 Å². The third-order valence-corrected chi connectivity index (χ3v) is 2.77. The van der Waals surface area contributed by atoms with Gasteiger partial charge in [-0.1, -0.05) is 6.07 Å².